The Labute approximate surface area is 486 Å². The first kappa shape index (κ1) is 67.3. The van der Waals surface area contributed by atoms with Crippen LogP contribution < -0.4 is 9.41 Å². The number of hydrogen-bond donors (Lipinski definition) is 0. The van der Waals surface area contributed by atoms with E-state index in [4.69, 9.17) is 0 Å². The summed E-state index contributed by atoms with van der Waals surface area (Å²) >= 11 is -14.8. The molecular weight excluding hydrogens is 1360 g/mol. The molecule has 0 aliphatic heterocycles. The summed E-state index contributed by atoms with van der Waals surface area (Å²) in [6.07, 6.45) is 0. The van der Waals surface area contributed by atoms with Crippen LogP contribution in [0.15, 0.2) is 349 Å². The molecule has 0 aromatic heterocycles. The normalized spacial score (nSPS) is 11.8. The molecule has 0 heterocycles. The van der Waals surface area contributed by atoms with Crippen molar-refractivity contribution in [3.63, 3.8) is 0 Å². The molecule has 0 aliphatic carbocycles. The smallest absolute Gasteiger partial charge is 0.0901 e. The van der Waals surface area contributed by atoms with E-state index in [9.17, 15) is 28.1 Å². The van der Waals surface area contributed by atoms with Crippen LogP contribution in [-0.4, -0.2) is 40.6 Å². The monoisotopic (exact) mass is 1410 g/mol. The first-order valence-electron chi connectivity index (χ1n) is 23.2. The van der Waals surface area contributed by atoms with Crippen LogP contribution in [0, 0.1) is 0 Å². The molecule has 0 atom stereocenters. The van der Waals surface area contributed by atoms with Gasteiger partial charge in [-0.05, 0) is 158 Å². The van der Waals surface area contributed by atoms with E-state index >= 15 is 0 Å². The zero-order chi connectivity index (χ0) is 54.8. The van der Waals surface area contributed by atoms with Gasteiger partial charge in [0, 0.05) is 19.6 Å². The molecule has 0 spiro atoms. The molecule has 0 amide bonds. The van der Waals surface area contributed by atoms with Gasteiger partial charge in [0.2, 0.25) is 0 Å². The van der Waals surface area contributed by atoms with E-state index < -0.39 is 40.6 Å². The maximum Gasteiger partial charge on any atom is 0.166 e. The first-order valence-corrected chi connectivity index (χ1v) is 38.1. The van der Waals surface area contributed by atoms with Crippen LogP contribution in [0.3, 0.4) is 0 Å². The van der Waals surface area contributed by atoms with E-state index in [1.165, 1.54) is 63.6 Å². The van der Waals surface area contributed by atoms with Crippen LogP contribution in [-0.2, 0) is 32.7 Å². The van der Waals surface area contributed by atoms with Gasteiger partial charge in [-0.25, -0.2) is 0 Å². The average Bonchev–Trinajstić information content (AvgIpc) is 3.45. The number of hydrogen-bond acceptors (Lipinski definition) is 2. The fraction of sp³-hybridized carbons (Fsp3) is 0.0164. The fourth-order valence-electron chi connectivity index (χ4n) is 7.26. The molecular formula is C61H51F12S5Sb2+. The summed E-state index contributed by atoms with van der Waals surface area (Å²) in [5.41, 5.74) is 0. The van der Waals surface area contributed by atoms with Gasteiger partial charge in [-0.3, -0.25) is 0 Å². The van der Waals surface area contributed by atoms with Crippen molar-refractivity contribution in [1.82, 2.24) is 0 Å². The van der Waals surface area contributed by atoms with E-state index in [2.05, 4.69) is 285 Å². The standard InChI is InChI=1S/C36H28S3.C24H19S2.CH4.12FH.2Sb/c1-5-13-31(14-6-1)38(32-15-7-2-8-16-32)35-25-21-29(22-26-35)37-30-23-27-36(28-24-30)39(33-17-9-3-10-18-33)34-19-11-4-12-20-34;1-4-10-20(11-5-1)25-21-16-18-24(19-17-21)26(22-12-6-2-7-13-22)23-14-8-3-9-15-23;;;;;;;;;;;;;;;/h1-28H;1-19H;1H4;12*1H;;/q+2;+1;;;;;;;;;;;;;;2*+5/p-12. The molecule has 0 saturated carbocycles. The topological polar surface area (TPSA) is 0 Å². The second kappa shape index (κ2) is 31.3. The third-order valence-corrected chi connectivity index (χ3v) is 19.0. The van der Waals surface area contributed by atoms with Crippen LogP contribution in [0.5, 0.6) is 0 Å². The summed E-state index contributed by atoms with van der Waals surface area (Å²) in [7, 11) is -0.324. The molecule has 10 rings (SSSR count). The molecule has 10 aromatic rings. The Balaban J connectivity index is 0.000000290. The second-order valence-corrected chi connectivity index (χ2v) is 31.7. The van der Waals surface area contributed by atoms with Crippen molar-refractivity contribution in [2.75, 3.05) is 0 Å². The third-order valence-electron chi connectivity index (χ3n) is 10.3. The molecule has 80 heavy (non-hydrogen) atoms. The first-order chi connectivity index (χ1) is 36.7. The van der Waals surface area contributed by atoms with Crippen molar-refractivity contribution in [2.24, 2.45) is 0 Å². The van der Waals surface area contributed by atoms with Gasteiger partial charge in [-0.15, -0.1) is 0 Å². The average molecular weight is 1420 g/mol. The van der Waals surface area contributed by atoms with Crippen molar-refractivity contribution in [3.05, 3.63) is 285 Å². The Morgan fingerprint density at radius 1 is 0.200 bits per heavy atom. The minimum Gasteiger partial charge on any atom is -0.0901 e. The van der Waals surface area contributed by atoms with Gasteiger partial charge in [0.05, 0.1) is 32.7 Å². The van der Waals surface area contributed by atoms with E-state index in [1.54, 1.807) is 11.8 Å². The van der Waals surface area contributed by atoms with Crippen LogP contribution in [0.1, 0.15) is 7.43 Å². The largest absolute Gasteiger partial charge is 0.166 e. The van der Waals surface area contributed by atoms with E-state index in [0.29, 0.717) is 0 Å². The van der Waals surface area contributed by atoms with Crippen LogP contribution in [0.4, 0.5) is 28.1 Å². The van der Waals surface area contributed by atoms with Gasteiger partial charge in [-0.1, -0.05) is 158 Å². The van der Waals surface area contributed by atoms with Crippen LogP contribution in [0.2, 0.25) is 0 Å². The molecule has 0 unspecified atom stereocenters. The number of halogens is 12. The number of rotatable bonds is 13. The van der Waals surface area contributed by atoms with Gasteiger partial charge in [-0.2, -0.15) is 0 Å². The molecule has 418 valence electrons. The Morgan fingerprint density at radius 2 is 0.325 bits per heavy atom. The summed E-state index contributed by atoms with van der Waals surface area (Å²) in [5.74, 6) is 0. The van der Waals surface area contributed by atoms with Gasteiger partial charge >= 0.3 is 68.7 Å². The zero-order valence-electron chi connectivity index (χ0n) is 41.1. The van der Waals surface area contributed by atoms with Crippen molar-refractivity contribution in [1.29, 1.82) is 0 Å². The molecule has 0 saturated heterocycles. The minimum atomic E-state index is -9.19. The maximum atomic E-state index is 9.91. The van der Waals surface area contributed by atoms with E-state index in [0.717, 1.165) is 0 Å². The Kier molecular flexibility index (Phi) is 26.3. The summed E-state index contributed by atoms with van der Waals surface area (Å²) in [6.45, 7) is 0. The molecule has 0 N–H and O–H groups in total. The SMILES string of the molecule is C.[F-].[F-].[F][Sb]([F])([F])([F])[F].[F][Sb]([F])([F])([F])[F].c1ccc(Sc2ccc([S+](c3ccccc3)c3ccccc3)cc2)cc1.c1ccc([S+](c2ccccc2)c2ccc(Sc3ccc([S+](c4ccccc4)c4ccccc4)cc3)cc2)cc1. The molecule has 0 aliphatic rings. The quantitative estimate of drug-likeness (QED) is 0.0641. The Hall–Kier alpha value is -5.25. The van der Waals surface area contributed by atoms with Crippen molar-refractivity contribution in [3.8, 4) is 0 Å². The van der Waals surface area contributed by atoms with Crippen LogP contribution in [0.25, 0.3) is 0 Å². The van der Waals surface area contributed by atoms with Gasteiger partial charge in [0.15, 0.2) is 44.1 Å². The number of benzene rings is 10. The second-order valence-electron chi connectivity index (χ2n) is 16.0. The van der Waals surface area contributed by atoms with E-state index in [-0.39, 0.29) is 49.5 Å². The van der Waals surface area contributed by atoms with Crippen molar-refractivity contribution in [2.45, 2.75) is 71.1 Å². The maximum absolute atomic E-state index is 9.91. The van der Waals surface area contributed by atoms with Crippen LogP contribution >= 0.6 is 23.5 Å². The summed E-state index contributed by atoms with van der Waals surface area (Å²) < 4.78 is 99.1. The van der Waals surface area contributed by atoms with Crippen molar-refractivity contribution < 1.29 is 37.5 Å². The van der Waals surface area contributed by atoms with Gasteiger partial charge in [0.1, 0.15) is 0 Å². The summed E-state index contributed by atoms with van der Waals surface area (Å²) in [5, 5.41) is 0. The molecule has 19 heteroatoms. The summed E-state index contributed by atoms with van der Waals surface area (Å²) in [4.78, 5) is 17.1. The Bertz CT molecular complexity index is 3020. The Morgan fingerprint density at radius 3 is 0.487 bits per heavy atom. The predicted molar refractivity (Wildman–Crippen MR) is 308 cm³/mol. The molecule has 0 fully saturated rings. The minimum absolute atomic E-state index is 0. The predicted octanol–water partition coefficient (Wildman–Crippen LogP) is 15.0. The molecule has 0 radical (unpaired) electrons. The van der Waals surface area contributed by atoms with E-state index in [1.807, 2.05) is 11.8 Å². The molecule has 0 nitrogen and oxygen atoms in total. The van der Waals surface area contributed by atoms with Crippen molar-refractivity contribution >= 4 is 96.8 Å². The van der Waals surface area contributed by atoms with Gasteiger partial charge < -0.3 is 9.41 Å². The fourth-order valence-corrected chi connectivity index (χ4v) is 15.2. The molecule has 10 aromatic carbocycles. The zero-order valence-corrected chi connectivity index (χ0v) is 50.3. The molecule has 0 bridgehead atoms. The van der Waals surface area contributed by atoms with Gasteiger partial charge in [0.25, 0.3) is 0 Å². The summed E-state index contributed by atoms with van der Waals surface area (Å²) in [6, 6.07) is 103. The third kappa shape index (κ3) is 24.1.